The lowest BCUT2D eigenvalue weighted by molar-refractivity contribution is 0.0630. The van der Waals surface area contributed by atoms with Gasteiger partial charge in [-0.2, -0.15) is 0 Å². The summed E-state index contributed by atoms with van der Waals surface area (Å²) in [5.74, 6) is -0.690. The minimum Gasteiger partial charge on any atom is -0.337 e. The lowest BCUT2D eigenvalue weighted by atomic mass is 10.0. The Morgan fingerprint density at radius 3 is 2.89 bits per heavy atom. The summed E-state index contributed by atoms with van der Waals surface area (Å²) < 4.78 is 14.3. The maximum absolute atomic E-state index is 14.0. The van der Waals surface area contributed by atoms with E-state index < -0.39 is 5.82 Å². The largest absolute Gasteiger partial charge is 0.337 e. The number of carbonyl (C=O) groups excluding carboxylic acids is 1. The first-order chi connectivity index (χ1) is 9.00. The van der Waals surface area contributed by atoms with E-state index in [4.69, 9.17) is 0 Å². The minimum absolute atomic E-state index is 0.147. The van der Waals surface area contributed by atoms with Crippen LogP contribution in [0.5, 0.6) is 0 Å². The normalized spacial score (nSPS) is 19.8. The number of hydrogen-bond acceptors (Lipinski definition) is 2. The summed E-state index contributed by atoms with van der Waals surface area (Å²) in [5, 5.41) is 0. The topological polar surface area (TPSA) is 23.6 Å². The molecule has 1 amide bonds. The van der Waals surface area contributed by atoms with Crippen LogP contribution < -0.4 is 0 Å². The smallest absolute Gasteiger partial charge is 0.256 e. The second-order valence-electron chi connectivity index (χ2n) is 5.11. The third kappa shape index (κ3) is 3.15. The molecule has 1 unspecified atom stereocenters. The van der Waals surface area contributed by atoms with Crippen molar-refractivity contribution in [2.24, 2.45) is 0 Å². The fourth-order valence-electron chi connectivity index (χ4n) is 2.40. The maximum Gasteiger partial charge on any atom is 0.256 e. The molecule has 1 aliphatic heterocycles. The van der Waals surface area contributed by atoms with Crippen molar-refractivity contribution in [2.45, 2.75) is 18.9 Å². The zero-order chi connectivity index (χ0) is 14.0. The van der Waals surface area contributed by atoms with Gasteiger partial charge in [-0.25, -0.2) is 4.39 Å². The van der Waals surface area contributed by atoms with Gasteiger partial charge in [-0.05, 0) is 55.0 Å². The SMILES string of the molecule is CN(C)C1CCCN(C(=O)c2cccc(Br)c2F)C1. The molecule has 1 heterocycles. The standard InChI is InChI=1S/C14H18BrFN2O/c1-17(2)10-5-4-8-18(9-10)14(19)11-6-3-7-12(15)13(11)16/h3,6-7,10H,4-5,8-9H2,1-2H3. The maximum atomic E-state index is 14.0. The highest BCUT2D eigenvalue weighted by molar-refractivity contribution is 9.10. The summed E-state index contributed by atoms with van der Waals surface area (Å²) in [5.41, 5.74) is 0.147. The van der Waals surface area contributed by atoms with Crippen LogP contribution in [0.1, 0.15) is 23.2 Å². The third-order valence-corrected chi connectivity index (χ3v) is 4.21. The molecule has 0 aromatic heterocycles. The Bertz CT molecular complexity index is 479. The Labute approximate surface area is 121 Å². The second-order valence-corrected chi connectivity index (χ2v) is 5.97. The summed E-state index contributed by atoms with van der Waals surface area (Å²) in [6.07, 6.45) is 2.04. The van der Waals surface area contributed by atoms with Gasteiger partial charge in [-0.3, -0.25) is 4.79 Å². The van der Waals surface area contributed by atoms with Gasteiger partial charge in [0.05, 0.1) is 10.0 Å². The summed E-state index contributed by atoms with van der Waals surface area (Å²) in [6, 6.07) is 5.19. The van der Waals surface area contributed by atoms with Crippen LogP contribution in [-0.4, -0.2) is 48.9 Å². The summed E-state index contributed by atoms with van der Waals surface area (Å²) in [7, 11) is 4.02. The van der Waals surface area contributed by atoms with E-state index in [-0.39, 0.29) is 11.5 Å². The number of benzene rings is 1. The van der Waals surface area contributed by atoms with Gasteiger partial charge in [-0.15, -0.1) is 0 Å². The number of piperidine rings is 1. The van der Waals surface area contributed by atoms with Gasteiger partial charge in [0.25, 0.3) is 5.91 Å². The molecule has 3 nitrogen and oxygen atoms in total. The molecular weight excluding hydrogens is 311 g/mol. The highest BCUT2D eigenvalue weighted by Gasteiger charge is 2.27. The Hall–Kier alpha value is -0.940. The van der Waals surface area contributed by atoms with Crippen LogP contribution in [0, 0.1) is 5.82 Å². The number of rotatable bonds is 2. The molecule has 2 rings (SSSR count). The summed E-state index contributed by atoms with van der Waals surface area (Å²) in [4.78, 5) is 16.3. The number of carbonyl (C=O) groups is 1. The first-order valence-corrected chi connectivity index (χ1v) is 7.19. The van der Waals surface area contributed by atoms with Crippen molar-refractivity contribution < 1.29 is 9.18 Å². The van der Waals surface area contributed by atoms with E-state index in [0.717, 1.165) is 12.8 Å². The predicted molar refractivity (Wildman–Crippen MR) is 76.7 cm³/mol. The Morgan fingerprint density at radius 2 is 2.21 bits per heavy atom. The third-order valence-electron chi connectivity index (χ3n) is 3.60. The summed E-state index contributed by atoms with van der Waals surface area (Å²) in [6.45, 7) is 1.37. The average Bonchev–Trinajstić information content (AvgIpc) is 2.41. The van der Waals surface area contributed by atoms with Gasteiger partial charge >= 0.3 is 0 Å². The number of likely N-dealkylation sites (tertiary alicyclic amines) is 1. The molecule has 1 atom stereocenters. The van der Waals surface area contributed by atoms with E-state index >= 15 is 0 Å². The molecule has 1 fully saturated rings. The predicted octanol–water partition coefficient (Wildman–Crippen LogP) is 2.75. The molecule has 0 saturated carbocycles. The molecule has 5 heteroatoms. The van der Waals surface area contributed by atoms with Crippen molar-refractivity contribution in [3.05, 3.63) is 34.1 Å². The highest BCUT2D eigenvalue weighted by atomic mass is 79.9. The second kappa shape index (κ2) is 6.01. The van der Waals surface area contributed by atoms with Crippen molar-refractivity contribution in [1.29, 1.82) is 0 Å². The van der Waals surface area contributed by atoms with Gasteiger partial charge in [-0.1, -0.05) is 6.07 Å². The van der Waals surface area contributed by atoms with E-state index in [1.165, 1.54) is 0 Å². The van der Waals surface area contributed by atoms with E-state index in [0.29, 0.717) is 23.6 Å². The quantitative estimate of drug-likeness (QED) is 0.833. The number of amides is 1. The molecule has 0 bridgehead atoms. The fraction of sp³-hybridized carbons (Fsp3) is 0.500. The lowest BCUT2D eigenvalue weighted by Crippen LogP contribution is -2.47. The zero-order valence-corrected chi connectivity index (χ0v) is 12.8. The van der Waals surface area contributed by atoms with Crippen molar-refractivity contribution in [3.8, 4) is 0 Å². The van der Waals surface area contributed by atoms with Crippen LogP contribution in [0.25, 0.3) is 0 Å². The van der Waals surface area contributed by atoms with Crippen LogP contribution in [0.3, 0.4) is 0 Å². The molecule has 19 heavy (non-hydrogen) atoms. The molecule has 0 N–H and O–H groups in total. The van der Waals surface area contributed by atoms with E-state index in [9.17, 15) is 9.18 Å². The Kier molecular flexibility index (Phi) is 4.58. The monoisotopic (exact) mass is 328 g/mol. The van der Waals surface area contributed by atoms with E-state index in [1.54, 1.807) is 23.1 Å². The van der Waals surface area contributed by atoms with Crippen molar-refractivity contribution in [2.75, 3.05) is 27.2 Å². The highest BCUT2D eigenvalue weighted by Crippen LogP contribution is 2.22. The molecule has 1 aromatic carbocycles. The molecule has 0 aliphatic carbocycles. The van der Waals surface area contributed by atoms with Gasteiger partial charge in [0, 0.05) is 19.1 Å². The van der Waals surface area contributed by atoms with Gasteiger partial charge in [0.1, 0.15) is 5.82 Å². The van der Waals surface area contributed by atoms with E-state index in [2.05, 4.69) is 20.8 Å². The van der Waals surface area contributed by atoms with Gasteiger partial charge in [0.2, 0.25) is 0 Å². The molecule has 1 aliphatic rings. The average molecular weight is 329 g/mol. The van der Waals surface area contributed by atoms with Gasteiger partial charge < -0.3 is 9.80 Å². The van der Waals surface area contributed by atoms with Crippen molar-refractivity contribution in [1.82, 2.24) is 9.80 Å². The number of halogens is 2. The molecule has 0 radical (unpaired) electrons. The first kappa shape index (κ1) is 14.5. The van der Waals surface area contributed by atoms with Crippen LogP contribution in [0.4, 0.5) is 4.39 Å². The first-order valence-electron chi connectivity index (χ1n) is 6.40. The van der Waals surface area contributed by atoms with Crippen LogP contribution in [0.15, 0.2) is 22.7 Å². The van der Waals surface area contributed by atoms with Crippen LogP contribution in [0.2, 0.25) is 0 Å². The van der Waals surface area contributed by atoms with E-state index in [1.807, 2.05) is 14.1 Å². The number of nitrogens with zero attached hydrogens (tertiary/aromatic N) is 2. The lowest BCUT2D eigenvalue weighted by Gasteiger charge is -2.36. The number of hydrogen-bond donors (Lipinski definition) is 0. The molecule has 1 saturated heterocycles. The van der Waals surface area contributed by atoms with Gasteiger partial charge in [0.15, 0.2) is 0 Å². The molecular formula is C14H18BrFN2O. The van der Waals surface area contributed by atoms with Crippen molar-refractivity contribution in [3.63, 3.8) is 0 Å². The Morgan fingerprint density at radius 1 is 1.47 bits per heavy atom. The molecule has 1 aromatic rings. The summed E-state index contributed by atoms with van der Waals surface area (Å²) >= 11 is 3.12. The Balaban J connectivity index is 2.17. The van der Waals surface area contributed by atoms with Crippen LogP contribution in [-0.2, 0) is 0 Å². The van der Waals surface area contributed by atoms with Crippen LogP contribution >= 0.6 is 15.9 Å². The number of likely N-dealkylation sites (N-methyl/N-ethyl adjacent to an activating group) is 1. The molecule has 104 valence electrons. The van der Waals surface area contributed by atoms with Crippen molar-refractivity contribution >= 4 is 21.8 Å². The fourth-order valence-corrected chi connectivity index (χ4v) is 2.77. The molecule has 0 spiro atoms. The zero-order valence-electron chi connectivity index (χ0n) is 11.2. The minimum atomic E-state index is -0.473.